The smallest absolute Gasteiger partial charge is 0.302 e. The van der Waals surface area contributed by atoms with E-state index in [1.165, 1.54) is 19.8 Å². The van der Waals surface area contributed by atoms with Gasteiger partial charge in [-0.1, -0.05) is 39.8 Å². The topological polar surface area (TPSA) is 26.3 Å². The molecule has 2 heteroatoms. The van der Waals surface area contributed by atoms with Crippen LogP contribution in [0.4, 0.5) is 0 Å². The van der Waals surface area contributed by atoms with Crippen LogP contribution in [0, 0.1) is 23.2 Å². The highest BCUT2D eigenvalue weighted by Gasteiger charge is 2.38. The van der Waals surface area contributed by atoms with Gasteiger partial charge in [-0.2, -0.15) is 0 Å². The van der Waals surface area contributed by atoms with Gasteiger partial charge in [0.05, 0.1) is 6.61 Å². The standard InChI is InChI=1S/C15H26O2/c1-11(10-17-13(3)16)6-8-14-9-7-12(2)15(14,4)5/h6,8,11-12,14H,7,9-10H2,1-5H3. The van der Waals surface area contributed by atoms with E-state index >= 15 is 0 Å². The van der Waals surface area contributed by atoms with Crippen LogP contribution in [-0.2, 0) is 9.53 Å². The molecule has 0 spiro atoms. The molecule has 1 aliphatic rings. The van der Waals surface area contributed by atoms with Gasteiger partial charge in [0.2, 0.25) is 0 Å². The second-order valence-corrected chi connectivity index (χ2v) is 6.07. The molecule has 1 rings (SSSR count). The fraction of sp³-hybridized carbons (Fsp3) is 0.800. The zero-order valence-electron chi connectivity index (χ0n) is 11.8. The van der Waals surface area contributed by atoms with Crippen LogP contribution >= 0.6 is 0 Å². The van der Waals surface area contributed by atoms with E-state index in [-0.39, 0.29) is 5.97 Å². The van der Waals surface area contributed by atoms with Crippen molar-refractivity contribution in [2.24, 2.45) is 23.2 Å². The summed E-state index contributed by atoms with van der Waals surface area (Å²) in [5.74, 6) is 1.57. The quantitative estimate of drug-likeness (QED) is 0.550. The normalized spacial score (nSPS) is 29.5. The molecule has 1 saturated carbocycles. The molecule has 0 aromatic heterocycles. The van der Waals surface area contributed by atoms with Gasteiger partial charge < -0.3 is 4.74 Å². The van der Waals surface area contributed by atoms with Gasteiger partial charge in [0, 0.05) is 12.8 Å². The molecule has 0 heterocycles. The number of ether oxygens (including phenoxy) is 1. The molecule has 0 bridgehead atoms. The van der Waals surface area contributed by atoms with E-state index in [2.05, 4.69) is 39.8 Å². The third kappa shape index (κ3) is 3.86. The van der Waals surface area contributed by atoms with Gasteiger partial charge in [0.15, 0.2) is 0 Å². The monoisotopic (exact) mass is 238 g/mol. The van der Waals surface area contributed by atoms with Crippen LogP contribution in [0.5, 0.6) is 0 Å². The van der Waals surface area contributed by atoms with Gasteiger partial charge >= 0.3 is 5.97 Å². The molecule has 98 valence electrons. The highest BCUT2D eigenvalue weighted by Crippen LogP contribution is 2.47. The first-order valence-corrected chi connectivity index (χ1v) is 6.65. The lowest BCUT2D eigenvalue weighted by Crippen LogP contribution is -2.22. The first-order valence-electron chi connectivity index (χ1n) is 6.65. The van der Waals surface area contributed by atoms with Crippen LogP contribution in [-0.4, -0.2) is 12.6 Å². The summed E-state index contributed by atoms with van der Waals surface area (Å²) in [7, 11) is 0. The van der Waals surface area contributed by atoms with Gasteiger partial charge in [-0.15, -0.1) is 0 Å². The Bertz CT molecular complexity index is 291. The second kappa shape index (κ2) is 5.70. The summed E-state index contributed by atoms with van der Waals surface area (Å²) >= 11 is 0. The van der Waals surface area contributed by atoms with Gasteiger partial charge in [0.1, 0.15) is 0 Å². The molecule has 17 heavy (non-hydrogen) atoms. The summed E-state index contributed by atoms with van der Waals surface area (Å²) in [5.41, 5.74) is 0.400. The molecule has 2 nitrogen and oxygen atoms in total. The van der Waals surface area contributed by atoms with Crippen molar-refractivity contribution < 1.29 is 9.53 Å². The third-order valence-electron chi connectivity index (χ3n) is 4.36. The maximum atomic E-state index is 10.7. The molecule has 1 fully saturated rings. The third-order valence-corrected chi connectivity index (χ3v) is 4.36. The molecular weight excluding hydrogens is 212 g/mol. The molecule has 0 aromatic carbocycles. The van der Waals surface area contributed by atoms with E-state index in [1.807, 2.05) is 0 Å². The van der Waals surface area contributed by atoms with E-state index in [9.17, 15) is 4.79 Å². The molecule has 0 radical (unpaired) electrons. The number of carbonyl (C=O) groups excluding carboxylic acids is 1. The average molecular weight is 238 g/mol. The zero-order valence-corrected chi connectivity index (χ0v) is 11.8. The van der Waals surface area contributed by atoms with Crippen molar-refractivity contribution in [3.05, 3.63) is 12.2 Å². The fourth-order valence-electron chi connectivity index (χ4n) is 2.51. The number of hydrogen-bond donors (Lipinski definition) is 0. The number of hydrogen-bond acceptors (Lipinski definition) is 2. The molecule has 0 amide bonds. The molecule has 3 atom stereocenters. The lowest BCUT2D eigenvalue weighted by molar-refractivity contribution is -0.141. The summed E-state index contributed by atoms with van der Waals surface area (Å²) < 4.78 is 5.00. The van der Waals surface area contributed by atoms with Crippen molar-refractivity contribution in [1.29, 1.82) is 0 Å². The van der Waals surface area contributed by atoms with Gasteiger partial charge in [0.25, 0.3) is 0 Å². The summed E-state index contributed by atoms with van der Waals surface area (Å²) in [6.45, 7) is 11.1. The molecule has 0 N–H and O–H groups in total. The Hall–Kier alpha value is -0.790. The Morgan fingerprint density at radius 1 is 1.47 bits per heavy atom. The number of esters is 1. The fourth-order valence-corrected chi connectivity index (χ4v) is 2.51. The highest BCUT2D eigenvalue weighted by molar-refractivity contribution is 5.65. The van der Waals surface area contributed by atoms with E-state index < -0.39 is 0 Å². The number of carbonyl (C=O) groups is 1. The van der Waals surface area contributed by atoms with Crippen LogP contribution in [0.2, 0.25) is 0 Å². The van der Waals surface area contributed by atoms with E-state index in [1.54, 1.807) is 0 Å². The van der Waals surface area contributed by atoms with Gasteiger partial charge in [-0.25, -0.2) is 0 Å². The van der Waals surface area contributed by atoms with Gasteiger partial charge in [-0.3, -0.25) is 4.79 Å². The maximum absolute atomic E-state index is 10.7. The minimum Gasteiger partial charge on any atom is -0.465 e. The predicted molar refractivity (Wildman–Crippen MR) is 70.6 cm³/mol. The van der Waals surface area contributed by atoms with Crippen LogP contribution in [0.15, 0.2) is 12.2 Å². The SMILES string of the molecule is CC(=O)OCC(C)C=CC1CCC(C)C1(C)C. The Balaban J connectivity index is 2.45. The van der Waals surface area contributed by atoms with Crippen LogP contribution < -0.4 is 0 Å². The minimum absolute atomic E-state index is 0.194. The van der Waals surface area contributed by atoms with Crippen molar-refractivity contribution in [3.8, 4) is 0 Å². The Labute approximate surface area is 105 Å². The van der Waals surface area contributed by atoms with Crippen LogP contribution in [0.1, 0.15) is 47.5 Å². The summed E-state index contributed by atoms with van der Waals surface area (Å²) in [4.78, 5) is 10.7. The molecule has 0 aromatic rings. The van der Waals surface area contributed by atoms with Crippen molar-refractivity contribution in [1.82, 2.24) is 0 Å². The molecule has 1 aliphatic carbocycles. The largest absolute Gasteiger partial charge is 0.465 e. The number of allylic oxidation sites excluding steroid dienone is 1. The summed E-state index contributed by atoms with van der Waals surface area (Å²) in [5, 5.41) is 0. The average Bonchev–Trinajstić information content (AvgIpc) is 2.49. The van der Waals surface area contributed by atoms with E-state index in [4.69, 9.17) is 4.74 Å². The summed E-state index contributed by atoms with van der Waals surface area (Å²) in [6.07, 6.45) is 7.14. The van der Waals surface area contributed by atoms with Crippen LogP contribution in [0.25, 0.3) is 0 Å². The lowest BCUT2D eigenvalue weighted by Gasteiger charge is -2.29. The minimum atomic E-state index is -0.194. The Morgan fingerprint density at radius 3 is 2.59 bits per heavy atom. The molecule has 0 aliphatic heterocycles. The van der Waals surface area contributed by atoms with Crippen molar-refractivity contribution >= 4 is 5.97 Å². The van der Waals surface area contributed by atoms with Crippen molar-refractivity contribution in [2.75, 3.05) is 6.61 Å². The zero-order chi connectivity index (χ0) is 13.1. The van der Waals surface area contributed by atoms with Crippen LogP contribution in [0.3, 0.4) is 0 Å². The Kier molecular flexibility index (Phi) is 4.79. The second-order valence-electron chi connectivity index (χ2n) is 6.07. The van der Waals surface area contributed by atoms with E-state index in [0.29, 0.717) is 23.9 Å². The maximum Gasteiger partial charge on any atom is 0.302 e. The number of rotatable bonds is 4. The van der Waals surface area contributed by atoms with E-state index in [0.717, 1.165) is 5.92 Å². The molecule has 0 saturated heterocycles. The predicted octanol–water partition coefficient (Wildman–Crippen LogP) is 3.81. The first-order chi connectivity index (χ1) is 7.84. The lowest BCUT2D eigenvalue weighted by atomic mass is 9.76. The summed E-state index contributed by atoms with van der Waals surface area (Å²) in [6, 6.07) is 0. The first kappa shape index (κ1) is 14.3. The van der Waals surface area contributed by atoms with Crippen molar-refractivity contribution in [2.45, 2.75) is 47.5 Å². The van der Waals surface area contributed by atoms with Crippen molar-refractivity contribution in [3.63, 3.8) is 0 Å². The van der Waals surface area contributed by atoms with Gasteiger partial charge in [-0.05, 0) is 30.1 Å². The molecule has 3 unspecified atom stereocenters. The Morgan fingerprint density at radius 2 is 2.12 bits per heavy atom. The molecular formula is C15H26O2. The highest BCUT2D eigenvalue weighted by atomic mass is 16.5.